The van der Waals surface area contributed by atoms with Crippen molar-refractivity contribution in [2.24, 2.45) is 17.1 Å². The van der Waals surface area contributed by atoms with Crippen LogP contribution >= 0.6 is 0 Å². The van der Waals surface area contributed by atoms with E-state index in [-0.39, 0.29) is 5.56 Å². The van der Waals surface area contributed by atoms with Crippen LogP contribution in [0.15, 0.2) is 18.2 Å². The van der Waals surface area contributed by atoms with Crippen LogP contribution in [0.5, 0.6) is 0 Å². The number of hydrogen-bond acceptors (Lipinski definition) is 1. The van der Waals surface area contributed by atoms with Crippen LogP contribution < -0.4 is 5.73 Å². The fourth-order valence-electron chi connectivity index (χ4n) is 6.38. The van der Waals surface area contributed by atoms with E-state index >= 15 is 0 Å². The van der Waals surface area contributed by atoms with Crippen molar-refractivity contribution in [3.05, 3.63) is 35.1 Å². The first-order valence-corrected chi connectivity index (χ1v) is 13.1. The Hall–Kier alpha value is -1.38. The fraction of sp³-hybridized carbons (Fsp3) is 0.750. The van der Waals surface area contributed by atoms with Crippen LogP contribution in [-0.2, 0) is 0 Å². The zero-order chi connectivity index (χ0) is 22.1. The molecule has 1 aromatic rings. The lowest BCUT2D eigenvalue weighted by Gasteiger charge is -2.38. The highest BCUT2D eigenvalue weighted by atomic mass is 19.1. The quantitative estimate of drug-likeness (QED) is 0.353. The Balaban J connectivity index is 1.39. The summed E-state index contributed by atoms with van der Waals surface area (Å²) in [6.45, 7) is 2.31. The van der Waals surface area contributed by atoms with Crippen molar-refractivity contribution in [3.63, 3.8) is 0 Å². The van der Waals surface area contributed by atoms with Gasteiger partial charge in [-0.05, 0) is 86.3 Å². The minimum atomic E-state index is -0.687. The molecule has 0 heterocycles. The summed E-state index contributed by atoms with van der Waals surface area (Å²) in [5, 5.41) is 0. The van der Waals surface area contributed by atoms with Crippen LogP contribution in [0, 0.1) is 17.2 Å². The predicted molar refractivity (Wildman–Crippen MR) is 128 cm³/mol. The number of carbonyl (C=O) groups is 1. The monoisotopic (exact) mass is 429 g/mol. The van der Waals surface area contributed by atoms with Crippen molar-refractivity contribution in [2.75, 3.05) is 0 Å². The highest BCUT2D eigenvalue weighted by Crippen LogP contribution is 2.45. The van der Waals surface area contributed by atoms with Gasteiger partial charge in [-0.15, -0.1) is 0 Å². The van der Waals surface area contributed by atoms with Crippen LogP contribution in [0.3, 0.4) is 0 Å². The third kappa shape index (κ3) is 7.05. The lowest BCUT2D eigenvalue weighted by atomic mass is 9.68. The van der Waals surface area contributed by atoms with Gasteiger partial charge in [0.15, 0.2) is 0 Å². The molecule has 2 saturated carbocycles. The summed E-state index contributed by atoms with van der Waals surface area (Å²) < 4.78 is 14.1. The van der Waals surface area contributed by atoms with E-state index in [9.17, 15) is 9.18 Å². The number of rotatable bonds is 11. The fourth-order valence-corrected chi connectivity index (χ4v) is 6.38. The highest BCUT2D eigenvalue weighted by Gasteiger charge is 2.31. The molecule has 31 heavy (non-hydrogen) atoms. The molecule has 2 N–H and O–H groups in total. The van der Waals surface area contributed by atoms with Gasteiger partial charge in [0.25, 0.3) is 5.91 Å². The molecule has 0 unspecified atom stereocenters. The van der Waals surface area contributed by atoms with E-state index in [0.29, 0.717) is 11.3 Å². The first-order valence-electron chi connectivity index (χ1n) is 13.1. The van der Waals surface area contributed by atoms with E-state index in [1.165, 1.54) is 102 Å². The maximum atomic E-state index is 14.1. The summed E-state index contributed by atoms with van der Waals surface area (Å²) in [5.41, 5.74) is 6.94. The molecule has 3 rings (SSSR count). The molecule has 0 spiro atoms. The zero-order valence-corrected chi connectivity index (χ0v) is 19.8. The molecular formula is C28H44FNO. The van der Waals surface area contributed by atoms with E-state index in [2.05, 4.69) is 6.92 Å². The summed E-state index contributed by atoms with van der Waals surface area (Å²) in [4.78, 5) is 11.2. The van der Waals surface area contributed by atoms with Gasteiger partial charge in [0.1, 0.15) is 5.82 Å². The maximum absolute atomic E-state index is 14.1. The molecule has 0 aliphatic heterocycles. The van der Waals surface area contributed by atoms with Crippen LogP contribution in [0.2, 0.25) is 0 Å². The number of nitrogens with two attached hydrogens (primary N) is 1. The van der Waals surface area contributed by atoms with Crippen molar-refractivity contribution in [3.8, 4) is 0 Å². The average molecular weight is 430 g/mol. The van der Waals surface area contributed by atoms with Crippen molar-refractivity contribution in [1.82, 2.24) is 0 Å². The van der Waals surface area contributed by atoms with Gasteiger partial charge < -0.3 is 5.73 Å². The third-order valence-corrected chi connectivity index (χ3v) is 8.37. The van der Waals surface area contributed by atoms with Gasteiger partial charge in [-0.3, -0.25) is 4.79 Å². The van der Waals surface area contributed by atoms with Crippen molar-refractivity contribution in [1.29, 1.82) is 0 Å². The number of primary amides is 1. The first-order chi connectivity index (χ1) is 15.0. The number of hydrogen-bond donors (Lipinski definition) is 1. The van der Waals surface area contributed by atoms with E-state index in [0.717, 1.165) is 24.3 Å². The number of unbranched alkanes of at least 4 members (excludes halogenated alkanes) is 3. The number of benzene rings is 1. The number of halogens is 1. The maximum Gasteiger partial charge on any atom is 0.251 e. The molecule has 0 bridgehead atoms. The Morgan fingerprint density at radius 3 is 2.29 bits per heavy atom. The second-order valence-corrected chi connectivity index (χ2v) is 10.6. The number of amides is 1. The Labute approximate surface area is 189 Å². The molecular weight excluding hydrogens is 385 g/mol. The Morgan fingerprint density at radius 2 is 1.68 bits per heavy atom. The molecule has 0 aromatic heterocycles. The second kappa shape index (κ2) is 12.0. The van der Waals surface area contributed by atoms with Gasteiger partial charge in [-0.25, -0.2) is 4.39 Å². The Bertz CT molecular complexity index is 686. The van der Waals surface area contributed by atoms with Gasteiger partial charge in [-0.1, -0.05) is 70.8 Å². The van der Waals surface area contributed by atoms with Crippen molar-refractivity contribution in [2.45, 2.75) is 122 Å². The minimum Gasteiger partial charge on any atom is -0.366 e. The summed E-state index contributed by atoms with van der Waals surface area (Å²) in [7, 11) is 0. The van der Waals surface area contributed by atoms with Gasteiger partial charge in [0, 0.05) is 0 Å². The molecule has 2 nitrogen and oxygen atoms in total. The SMILES string of the molecule is CCCCCC1(CCCCC2CCC(c3ccc(C(N)=O)c(F)c3)CC2)CCCCC1. The summed E-state index contributed by atoms with van der Waals surface area (Å²) in [6.07, 6.45) is 23.4. The average Bonchev–Trinajstić information content (AvgIpc) is 2.78. The third-order valence-electron chi connectivity index (χ3n) is 8.37. The molecule has 0 radical (unpaired) electrons. The molecule has 174 valence electrons. The summed E-state index contributed by atoms with van der Waals surface area (Å²) in [5.74, 6) is 0.112. The summed E-state index contributed by atoms with van der Waals surface area (Å²) >= 11 is 0. The molecule has 2 aliphatic carbocycles. The van der Waals surface area contributed by atoms with Crippen LogP contribution in [0.25, 0.3) is 0 Å². The lowest BCUT2D eigenvalue weighted by Crippen LogP contribution is -2.24. The molecule has 3 heteroatoms. The second-order valence-electron chi connectivity index (χ2n) is 10.6. The Morgan fingerprint density at radius 1 is 1.00 bits per heavy atom. The van der Waals surface area contributed by atoms with Gasteiger partial charge in [0.05, 0.1) is 5.56 Å². The molecule has 0 atom stereocenters. The molecule has 1 amide bonds. The molecule has 2 aliphatic rings. The molecule has 0 saturated heterocycles. The van der Waals surface area contributed by atoms with Gasteiger partial charge in [-0.2, -0.15) is 0 Å². The molecule has 2 fully saturated rings. The lowest BCUT2D eigenvalue weighted by molar-refractivity contribution is 0.0996. The normalized spacial score (nSPS) is 23.5. The van der Waals surface area contributed by atoms with E-state index < -0.39 is 11.7 Å². The zero-order valence-electron chi connectivity index (χ0n) is 19.8. The number of carbonyl (C=O) groups excluding carboxylic acids is 1. The van der Waals surface area contributed by atoms with Crippen LogP contribution in [-0.4, -0.2) is 5.91 Å². The van der Waals surface area contributed by atoms with E-state index in [1.807, 2.05) is 6.07 Å². The first kappa shape index (κ1) is 24.3. The topological polar surface area (TPSA) is 43.1 Å². The van der Waals surface area contributed by atoms with E-state index in [4.69, 9.17) is 5.73 Å². The van der Waals surface area contributed by atoms with Crippen LogP contribution in [0.1, 0.15) is 138 Å². The van der Waals surface area contributed by atoms with E-state index in [1.54, 1.807) is 6.07 Å². The summed E-state index contributed by atoms with van der Waals surface area (Å²) in [6, 6.07) is 4.99. The van der Waals surface area contributed by atoms with Crippen molar-refractivity contribution >= 4 is 5.91 Å². The van der Waals surface area contributed by atoms with Gasteiger partial charge >= 0.3 is 0 Å². The Kier molecular flexibility index (Phi) is 9.41. The highest BCUT2D eigenvalue weighted by molar-refractivity contribution is 5.93. The van der Waals surface area contributed by atoms with Gasteiger partial charge in [0.2, 0.25) is 0 Å². The van der Waals surface area contributed by atoms with Crippen LogP contribution in [0.4, 0.5) is 4.39 Å². The standard InChI is InChI=1S/C28H44FNO/c1-2-3-6-17-28(18-7-4-8-19-28)20-9-5-10-22-11-13-23(14-12-22)24-15-16-25(27(30)31)26(29)21-24/h15-16,21-23H,2-14,17-20H2,1H3,(H2,30,31). The minimum absolute atomic E-state index is 0.00266. The van der Waals surface area contributed by atoms with Crippen molar-refractivity contribution < 1.29 is 9.18 Å². The largest absolute Gasteiger partial charge is 0.366 e. The smallest absolute Gasteiger partial charge is 0.251 e. The molecule has 1 aromatic carbocycles. The predicted octanol–water partition coefficient (Wildman–Crippen LogP) is 8.29.